The molecule has 0 saturated heterocycles. The van der Waals surface area contributed by atoms with Crippen LogP contribution in [0, 0.1) is 20.8 Å². The van der Waals surface area contributed by atoms with Crippen LogP contribution in [0.25, 0.3) is 5.69 Å². The van der Waals surface area contributed by atoms with Crippen LogP contribution in [0.4, 0.5) is 11.4 Å². The van der Waals surface area contributed by atoms with Crippen molar-refractivity contribution >= 4 is 29.0 Å². The molecule has 0 spiro atoms. The largest absolute Gasteiger partial charge is 0.378 e. The fraction of sp³-hybridized carbons (Fsp3) is 0.192. The van der Waals surface area contributed by atoms with Crippen molar-refractivity contribution in [3.8, 4) is 5.69 Å². The zero-order chi connectivity index (χ0) is 23.2. The van der Waals surface area contributed by atoms with Crippen LogP contribution in [-0.4, -0.2) is 26.4 Å². The van der Waals surface area contributed by atoms with Gasteiger partial charge in [0.1, 0.15) is 0 Å². The second-order valence-electron chi connectivity index (χ2n) is 7.94. The molecule has 0 atom stereocenters. The van der Waals surface area contributed by atoms with Gasteiger partial charge in [0.15, 0.2) is 11.0 Å². The van der Waals surface area contributed by atoms with Gasteiger partial charge in [0, 0.05) is 17.1 Å². The molecule has 0 radical (unpaired) electrons. The van der Waals surface area contributed by atoms with Crippen molar-refractivity contribution in [3.63, 3.8) is 0 Å². The number of benzene rings is 3. The van der Waals surface area contributed by atoms with E-state index in [1.54, 1.807) is 0 Å². The molecular formula is C26H27N5OS. The summed E-state index contributed by atoms with van der Waals surface area (Å²) in [6, 6.07) is 24.2. The first-order valence-corrected chi connectivity index (χ1v) is 11.8. The maximum atomic E-state index is 12.6. The lowest BCUT2D eigenvalue weighted by atomic mass is 10.1. The van der Waals surface area contributed by atoms with Gasteiger partial charge in [-0.2, -0.15) is 0 Å². The molecule has 2 N–H and O–H groups in total. The molecule has 0 fully saturated rings. The van der Waals surface area contributed by atoms with Crippen molar-refractivity contribution in [2.24, 2.45) is 0 Å². The first kappa shape index (κ1) is 22.6. The fourth-order valence-electron chi connectivity index (χ4n) is 3.38. The molecule has 0 aliphatic carbocycles. The molecule has 0 unspecified atom stereocenters. The van der Waals surface area contributed by atoms with Crippen LogP contribution in [0.1, 0.15) is 22.5 Å². The summed E-state index contributed by atoms with van der Waals surface area (Å²) in [6.45, 7) is 6.58. The summed E-state index contributed by atoms with van der Waals surface area (Å²) in [6.07, 6.45) is 0. The lowest BCUT2D eigenvalue weighted by molar-refractivity contribution is -0.113. The van der Waals surface area contributed by atoms with Crippen molar-refractivity contribution < 1.29 is 4.79 Å². The van der Waals surface area contributed by atoms with Gasteiger partial charge in [-0.05, 0) is 62.2 Å². The molecule has 1 amide bonds. The van der Waals surface area contributed by atoms with Crippen molar-refractivity contribution in [1.29, 1.82) is 0 Å². The van der Waals surface area contributed by atoms with Crippen LogP contribution >= 0.6 is 11.8 Å². The summed E-state index contributed by atoms with van der Waals surface area (Å²) in [5.74, 6) is 0.943. The van der Waals surface area contributed by atoms with E-state index in [1.165, 1.54) is 17.3 Å². The van der Waals surface area contributed by atoms with E-state index in [4.69, 9.17) is 0 Å². The normalized spacial score (nSPS) is 10.8. The third kappa shape index (κ3) is 5.81. The molecule has 0 aliphatic rings. The summed E-state index contributed by atoms with van der Waals surface area (Å²) in [7, 11) is 0. The zero-order valence-corrected chi connectivity index (χ0v) is 19.8. The first-order chi connectivity index (χ1) is 16.0. The maximum Gasteiger partial charge on any atom is 0.234 e. The second kappa shape index (κ2) is 10.4. The van der Waals surface area contributed by atoms with Gasteiger partial charge in [-0.3, -0.25) is 9.36 Å². The van der Waals surface area contributed by atoms with Gasteiger partial charge >= 0.3 is 0 Å². The Kier molecular flexibility index (Phi) is 7.10. The van der Waals surface area contributed by atoms with Gasteiger partial charge in [0.2, 0.25) is 5.91 Å². The van der Waals surface area contributed by atoms with E-state index >= 15 is 0 Å². The summed E-state index contributed by atoms with van der Waals surface area (Å²) >= 11 is 1.37. The quantitative estimate of drug-likeness (QED) is 0.340. The van der Waals surface area contributed by atoms with E-state index in [0.717, 1.165) is 34.0 Å². The number of carbonyl (C=O) groups is 1. The second-order valence-corrected chi connectivity index (χ2v) is 8.89. The molecular weight excluding hydrogens is 430 g/mol. The maximum absolute atomic E-state index is 12.6. The van der Waals surface area contributed by atoms with Gasteiger partial charge in [0.05, 0.1) is 12.3 Å². The summed E-state index contributed by atoms with van der Waals surface area (Å²) in [5.41, 5.74) is 6.18. The number of hydrogen-bond donors (Lipinski definition) is 2. The van der Waals surface area contributed by atoms with E-state index < -0.39 is 0 Å². The molecule has 33 heavy (non-hydrogen) atoms. The van der Waals surface area contributed by atoms with E-state index in [-0.39, 0.29) is 11.7 Å². The smallest absolute Gasteiger partial charge is 0.234 e. The van der Waals surface area contributed by atoms with Gasteiger partial charge in [-0.15, -0.1) is 10.2 Å². The number of para-hydroxylation sites is 1. The van der Waals surface area contributed by atoms with Crippen LogP contribution < -0.4 is 10.6 Å². The van der Waals surface area contributed by atoms with Crippen LogP contribution in [-0.2, 0) is 11.3 Å². The van der Waals surface area contributed by atoms with Crippen LogP contribution in [0.15, 0.2) is 78.0 Å². The number of amides is 1. The number of aromatic nitrogens is 3. The van der Waals surface area contributed by atoms with Crippen molar-refractivity contribution in [2.45, 2.75) is 32.5 Å². The summed E-state index contributed by atoms with van der Waals surface area (Å²) < 4.78 is 2.00. The number of carbonyl (C=O) groups excluding carboxylic acids is 1. The number of anilines is 2. The molecule has 1 heterocycles. The average molecular weight is 458 g/mol. The molecule has 0 aliphatic heterocycles. The predicted molar refractivity (Wildman–Crippen MR) is 135 cm³/mol. The number of thioether (sulfide) groups is 1. The van der Waals surface area contributed by atoms with Gasteiger partial charge in [-0.25, -0.2) is 0 Å². The van der Waals surface area contributed by atoms with Crippen LogP contribution in [0.5, 0.6) is 0 Å². The topological polar surface area (TPSA) is 71.8 Å². The molecule has 1 aromatic heterocycles. The Morgan fingerprint density at radius 1 is 0.909 bits per heavy atom. The van der Waals surface area contributed by atoms with Gasteiger partial charge in [-0.1, -0.05) is 59.8 Å². The Hall–Kier alpha value is -3.58. The number of rotatable bonds is 8. The minimum absolute atomic E-state index is 0.0735. The molecule has 4 aromatic rings. The Balaban J connectivity index is 1.49. The molecule has 168 valence electrons. The first-order valence-electron chi connectivity index (χ1n) is 10.8. The minimum atomic E-state index is -0.0735. The lowest BCUT2D eigenvalue weighted by Crippen LogP contribution is -2.15. The van der Waals surface area contributed by atoms with E-state index in [9.17, 15) is 4.79 Å². The molecule has 3 aromatic carbocycles. The van der Waals surface area contributed by atoms with E-state index in [0.29, 0.717) is 11.7 Å². The fourth-order valence-corrected chi connectivity index (χ4v) is 4.15. The Bertz CT molecular complexity index is 1240. The predicted octanol–water partition coefficient (Wildman–Crippen LogP) is 5.54. The van der Waals surface area contributed by atoms with Gasteiger partial charge in [0.25, 0.3) is 0 Å². The number of aryl methyl sites for hydroxylation is 3. The highest BCUT2D eigenvalue weighted by Crippen LogP contribution is 2.24. The monoisotopic (exact) mass is 457 g/mol. The Morgan fingerprint density at radius 2 is 1.64 bits per heavy atom. The van der Waals surface area contributed by atoms with Crippen LogP contribution in [0.3, 0.4) is 0 Å². The summed E-state index contributed by atoms with van der Waals surface area (Å²) in [4.78, 5) is 12.6. The SMILES string of the molecule is Cc1ccc(NCc2nnc(SCC(=O)Nc3cc(C)ccc3C)n2-c2ccccc2)cc1. The highest BCUT2D eigenvalue weighted by molar-refractivity contribution is 7.99. The number of nitrogens with zero attached hydrogens (tertiary/aromatic N) is 3. The number of hydrogen-bond acceptors (Lipinski definition) is 5. The Morgan fingerprint density at radius 3 is 2.39 bits per heavy atom. The summed E-state index contributed by atoms with van der Waals surface area (Å²) in [5, 5.41) is 15.9. The lowest BCUT2D eigenvalue weighted by Gasteiger charge is -2.12. The molecule has 0 saturated carbocycles. The van der Waals surface area contributed by atoms with Crippen molar-refractivity contribution in [3.05, 3.63) is 95.3 Å². The molecule has 6 nitrogen and oxygen atoms in total. The minimum Gasteiger partial charge on any atom is -0.378 e. The highest BCUT2D eigenvalue weighted by atomic mass is 32.2. The van der Waals surface area contributed by atoms with Crippen molar-refractivity contribution in [2.75, 3.05) is 16.4 Å². The Labute approximate surface area is 198 Å². The third-order valence-electron chi connectivity index (χ3n) is 5.22. The van der Waals surface area contributed by atoms with Crippen molar-refractivity contribution in [1.82, 2.24) is 14.8 Å². The molecule has 7 heteroatoms. The average Bonchev–Trinajstić information content (AvgIpc) is 3.23. The highest BCUT2D eigenvalue weighted by Gasteiger charge is 2.16. The number of nitrogens with one attached hydrogen (secondary N) is 2. The van der Waals surface area contributed by atoms with E-state index in [1.807, 2.05) is 79.1 Å². The van der Waals surface area contributed by atoms with Crippen LogP contribution in [0.2, 0.25) is 0 Å². The van der Waals surface area contributed by atoms with E-state index in [2.05, 4.69) is 39.9 Å². The standard InChI is InChI=1S/C26H27N5OS/c1-18-10-13-21(14-11-18)27-16-24-29-30-26(31(24)22-7-5-4-6-8-22)33-17-25(32)28-23-15-19(2)9-12-20(23)3/h4-15,27H,16-17H2,1-3H3,(H,28,32). The molecule has 4 rings (SSSR count). The molecule has 0 bridgehead atoms. The third-order valence-corrected chi connectivity index (χ3v) is 6.15. The zero-order valence-electron chi connectivity index (χ0n) is 19.0. The van der Waals surface area contributed by atoms with Gasteiger partial charge < -0.3 is 10.6 Å².